The average molecular weight is 256 g/mol. The molecule has 1 fully saturated rings. The van der Waals surface area contributed by atoms with Gasteiger partial charge in [-0.05, 0) is 12.5 Å². The van der Waals surface area contributed by atoms with Crippen molar-refractivity contribution < 1.29 is 4.79 Å². The van der Waals surface area contributed by atoms with Crippen molar-refractivity contribution in [3.63, 3.8) is 0 Å². The molecule has 1 aliphatic rings. The van der Waals surface area contributed by atoms with Crippen LogP contribution in [0.1, 0.15) is 23.8 Å². The minimum absolute atomic E-state index is 0.0526. The smallest absolute Gasteiger partial charge is 0.270 e. The number of rotatable bonds is 4. The molecule has 1 N–H and O–H groups in total. The Bertz CT molecular complexity index is 412. The Kier molecular flexibility index (Phi) is 3.74. The third kappa shape index (κ3) is 2.48. The Labute approximate surface area is 107 Å². The second-order valence-electron chi connectivity index (χ2n) is 4.47. The van der Waals surface area contributed by atoms with E-state index in [4.69, 9.17) is 11.6 Å². The molecule has 0 bridgehead atoms. The fourth-order valence-corrected chi connectivity index (χ4v) is 2.19. The first-order valence-electron chi connectivity index (χ1n) is 5.97. The predicted octanol–water partition coefficient (Wildman–Crippen LogP) is 1.60. The summed E-state index contributed by atoms with van der Waals surface area (Å²) < 4.78 is 1.94. The van der Waals surface area contributed by atoms with Gasteiger partial charge in [0, 0.05) is 32.9 Å². The van der Waals surface area contributed by atoms with Crippen LogP contribution in [0.4, 0.5) is 0 Å². The third-order valence-corrected chi connectivity index (χ3v) is 3.38. The topological polar surface area (TPSA) is 37.3 Å². The van der Waals surface area contributed by atoms with Gasteiger partial charge in [0.15, 0.2) is 0 Å². The molecule has 1 amide bonds. The molecule has 2 rings (SSSR count). The molecule has 0 aromatic carbocycles. The van der Waals surface area contributed by atoms with E-state index in [1.54, 1.807) is 11.0 Å². The normalized spacial score (nSPS) is 15.7. The molecular formula is C12H18ClN3O. The molecule has 2 heterocycles. The lowest BCUT2D eigenvalue weighted by Crippen LogP contribution is -2.57. The van der Waals surface area contributed by atoms with Gasteiger partial charge in [-0.1, -0.05) is 18.5 Å². The minimum atomic E-state index is 0.0526. The van der Waals surface area contributed by atoms with E-state index in [9.17, 15) is 4.79 Å². The van der Waals surface area contributed by atoms with Gasteiger partial charge in [0.25, 0.3) is 5.91 Å². The van der Waals surface area contributed by atoms with Crippen molar-refractivity contribution in [2.45, 2.75) is 25.9 Å². The van der Waals surface area contributed by atoms with E-state index in [-0.39, 0.29) is 5.91 Å². The molecule has 5 heteroatoms. The van der Waals surface area contributed by atoms with Gasteiger partial charge in [-0.15, -0.1) is 0 Å². The van der Waals surface area contributed by atoms with Crippen molar-refractivity contribution >= 4 is 17.5 Å². The standard InChI is InChI=1S/C12H18ClN3O/c1-3-4-16-8-9(13)5-11(16)12(17)15(2)10-6-14-7-10/h5,8,10,14H,3-4,6-7H2,1-2H3. The van der Waals surface area contributed by atoms with E-state index < -0.39 is 0 Å². The van der Waals surface area contributed by atoms with Gasteiger partial charge in [0.05, 0.1) is 11.1 Å². The average Bonchev–Trinajstić information content (AvgIpc) is 2.56. The van der Waals surface area contributed by atoms with Gasteiger partial charge in [0.1, 0.15) is 5.69 Å². The van der Waals surface area contributed by atoms with Crippen LogP contribution in [0.25, 0.3) is 0 Å². The molecule has 1 aliphatic heterocycles. The first-order chi connectivity index (χ1) is 8.13. The lowest BCUT2D eigenvalue weighted by molar-refractivity contribution is 0.0670. The molecule has 0 spiro atoms. The highest BCUT2D eigenvalue weighted by atomic mass is 35.5. The molecule has 1 saturated heterocycles. The molecule has 4 nitrogen and oxygen atoms in total. The number of amides is 1. The quantitative estimate of drug-likeness (QED) is 0.887. The number of nitrogens with one attached hydrogen (secondary N) is 1. The van der Waals surface area contributed by atoms with Gasteiger partial charge in [-0.2, -0.15) is 0 Å². The van der Waals surface area contributed by atoms with Crippen LogP contribution in [0.3, 0.4) is 0 Å². The minimum Gasteiger partial charge on any atom is -0.342 e. The predicted molar refractivity (Wildman–Crippen MR) is 68.5 cm³/mol. The lowest BCUT2D eigenvalue weighted by Gasteiger charge is -2.35. The van der Waals surface area contributed by atoms with E-state index in [1.165, 1.54) is 0 Å². The molecule has 1 aromatic rings. The fourth-order valence-electron chi connectivity index (χ4n) is 1.97. The number of hydrogen-bond donors (Lipinski definition) is 1. The Balaban J connectivity index is 2.16. The van der Waals surface area contributed by atoms with Crippen LogP contribution in [0, 0.1) is 0 Å². The summed E-state index contributed by atoms with van der Waals surface area (Å²) in [5.41, 5.74) is 0.686. The first-order valence-corrected chi connectivity index (χ1v) is 6.34. The van der Waals surface area contributed by atoms with E-state index in [0.29, 0.717) is 16.8 Å². The number of aryl methyl sites for hydroxylation is 1. The van der Waals surface area contributed by atoms with Crippen LogP contribution < -0.4 is 5.32 Å². The molecule has 94 valence electrons. The highest BCUT2D eigenvalue weighted by Crippen LogP contribution is 2.17. The monoisotopic (exact) mass is 255 g/mol. The Morgan fingerprint density at radius 2 is 2.35 bits per heavy atom. The summed E-state index contributed by atoms with van der Waals surface area (Å²) in [6.07, 6.45) is 2.81. The Morgan fingerprint density at radius 3 is 2.88 bits per heavy atom. The molecule has 1 aromatic heterocycles. The number of halogens is 1. The van der Waals surface area contributed by atoms with Crippen LogP contribution in [0.2, 0.25) is 5.02 Å². The van der Waals surface area contributed by atoms with Crippen molar-refractivity contribution in [2.75, 3.05) is 20.1 Å². The summed E-state index contributed by atoms with van der Waals surface area (Å²) in [5.74, 6) is 0.0526. The van der Waals surface area contributed by atoms with Crippen LogP contribution in [-0.2, 0) is 6.54 Å². The van der Waals surface area contributed by atoms with Crippen LogP contribution in [0.15, 0.2) is 12.3 Å². The maximum atomic E-state index is 12.3. The van der Waals surface area contributed by atoms with Gasteiger partial charge < -0.3 is 14.8 Å². The van der Waals surface area contributed by atoms with E-state index in [2.05, 4.69) is 12.2 Å². The molecule has 0 radical (unpaired) electrons. The molecule has 0 saturated carbocycles. The largest absolute Gasteiger partial charge is 0.342 e. The number of hydrogen-bond acceptors (Lipinski definition) is 2. The second kappa shape index (κ2) is 5.10. The summed E-state index contributed by atoms with van der Waals surface area (Å²) in [4.78, 5) is 14.1. The van der Waals surface area contributed by atoms with Crippen molar-refractivity contribution in [1.82, 2.24) is 14.8 Å². The van der Waals surface area contributed by atoms with Gasteiger partial charge in [-0.3, -0.25) is 4.79 Å². The maximum absolute atomic E-state index is 12.3. The molecule has 0 unspecified atom stereocenters. The maximum Gasteiger partial charge on any atom is 0.270 e. The van der Waals surface area contributed by atoms with E-state index in [1.807, 2.05) is 17.8 Å². The molecule has 17 heavy (non-hydrogen) atoms. The van der Waals surface area contributed by atoms with Crippen LogP contribution in [-0.4, -0.2) is 41.6 Å². The van der Waals surface area contributed by atoms with Gasteiger partial charge in [-0.25, -0.2) is 0 Å². The Morgan fingerprint density at radius 1 is 1.65 bits per heavy atom. The van der Waals surface area contributed by atoms with Gasteiger partial charge in [0.2, 0.25) is 0 Å². The molecular weight excluding hydrogens is 238 g/mol. The highest BCUT2D eigenvalue weighted by Gasteiger charge is 2.27. The number of likely N-dealkylation sites (N-methyl/N-ethyl adjacent to an activating group) is 1. The van der Waals surface area contributed by atoms with Crippen LogP contribution >= 0.6 is 11.6 Å². The van der Waals surface area contributed by atoms with Crippen molar-refractivity contribution in [2.24, 2.45) is 0 Å². The third-order valence-electron chi connectivity index (χ3n) is 3.17. The fraction of sp³-hybridized carbons (Fsp3) is 0.583. The van der Waals surface area contributed by atoms with Crippen molar-refractivity contribution in [3.8, 4) is 0 Å². The number of carbonyl (C=O) groups is 1. The zero-order valence-corrected chi connectivity index (χ0v) is 11.0. The summed E-state index contributed by atoms with van der Waals surface area (Å²) in [6.45, 7) is 4.67. The Hall–Kier alpha value is -1.00. The van der Waals surface area contributed by atoms with Gasteiger partial charge >= 0.3 is 0 Å². The van der Waals surface area contributed by atoms with Crippen LogP contribution in [0.5, 0.6) is 0 Å². The zero-order valence-electron chi connectivity index (χ0n) is 10.2. The summed E-state index contributed by atoms with van der Waals surface area (Å²) in [6, 6.07) is 2.06. The SMILES string of the molecule is CCCn1cc(Cl)cc1C(=O)N(C)C1CNC1. The summed E-state index contributed by atoms with van der Waals surface area (Å²) in [5, 5.41) is 3.79. The second-order valence-corrected chi connectivity index (χ2v) is 4.90. The van der Waals surface area contributed by atoms with Crippen molar-refractivity contribution in [3.05, 3.63) is 23.0 Å². The highest BCUT2D eigenvalue weighted by molar-refractivity contribution is 6.31. The van der Waals surface area contributed by atoms with Crippen molar-refractivity contribution in [1.29, 1.82) is 0 Å². The van der Waals surface area contributed by atoms with E-state index >= 15 is 0 Å². The zero-order chi connectivity index (χ0) is 12.4. The number of carbonyl (C=O) groups excluding carboxylic acids is 1. The lowest BCUT2D eigenvalue weighted by atomic mass is 10.1. The van der Waals surface area contributed by atoms with E-state index in [0.717, 1.165) is 26.1 Å². The summed E-state index contributed by atoms with van der Waals surface area (Å²) in [7, 11) is 1.85. The summed E-state index contributed by atoms with van der Waals surface area (Å²) >= 11 is 5.97. The molecule has 0 aliphatic carbocycles. The number of nitrogens with zero attached hydrogens (tertiary/aromatic N) is 2. The molecule has 0 atom stereocenters. The number of aromatic nitrogens is 1. The first kappa shape index (κ1) is 12.5.